The Morgan fingerprint density at radius 1 is 0.613 bits per heavy atom. The van der Waals surface area contributed by atoms with E-state index in [1.165, 1.54) is 36.8 Å². The molecule has 0 unspecified atom stereocenters. The Hall–Kier alpha value is -2.60. The zero-order valence-electron chi connectivity index (χ0n) is 18.1. The average Bonchev–Trinajstić information content (AvgIpc) is 2.84. The Labute approximate surface area is 185 Å². The number of hydrogen-bond acceptors (Lipinski definition) is 5. The van der Waals surface area contributed by atoms with E-state index in [0.717, 1.165) is 37.6 Å². The molecule has 0 aliphatic heterocycles. The number of nitrogens with one attached hydrogen (secondary N) is 3. The van der Waals surface area contributed by atoms with Gasteiger partial charge in [0.15, 0.2) is 0 Å². The molecule has 0 bridgehead atoms. The van der Waals surface area contributed by atoms with E-state index in [1.54, 1.807) is 0 Å². The molecule has 0 amide bonds. The largest absolute Gasteiger partial charge is 0.308 e. The van der Waals surface area contributed by atoms with Crippen LogP contribution in [0, 0.1) is 0 Å². The number of hydrogen-bond donors (Lipinski definition) is 3. The summed E-state index contributed by atoms with van der Waals surface area (Å²) in [7, 11) is 0. The van der Waals surface area contributed by atoms with Crippen LogP contribution in [0.2, 0.25) is 0 Å². The highest BCUT2D eigenvalue weighted by atomic mass is 15.0. The van der Waals surface area contributed by atoms with Crippen LogP contribution in [0.15, 0.2) is 73.1 Å². The fourth-order valence-corrected chi connectivity index (χ4v) is 4.22. The summed E-state index contributed by atoms with van der Waals surface area (Å²) in [5.74, 6) is 0. The van der Waals surface area contributed by atoms with Crippen LogP contribution in [0.4, 0.5) is 0 Å². The molecule has 31 heavy (non-hydrogen) atoms. The Balaban J connectivity index is 1.21. The fourth-order valence-electron chi connectivity index (χ4n) is 4.22. The molecule has 1 aliphatic rings. The van der Waals surface area contributed by atoms with Gasteiger partial charge in [-0.2, -0.15) is 0 Å². The van der Waals surface area contributed by atoms with Gasteiger partial charge in [0, 0.05) is 50.7 Å². The Morgan fingerprint density at radius 2 is 1.16 bits per heavy atom. The molecule has 2 atom stereocenters. The molecule has 0 radical (unpaired) electrons. The molecule has 0 saturated heterocycles. The summed E-state index contributed by atoms with van der Waals surface area (Å²) in [5, 5.41) is 11.0. The number of aromatic nitrogens is 2. The molecular formula is C26H33N5. The molecule has 5 nitrogen and oxygen atoms in total. The fraction of sp³-hybridized carbons (Fsp3) is 0.385. The van der Waals surface area contributed by atoms with E-state index in [1.807, 2.05) is 36.7 Å². The number of pyridine rings is 2. The van der Waals surface area contributed by atoms with Gasteiger partial charge in [0.1, 0.15) is 0 Å². The van der Waals surface area contributed by atoms with Crippen molar-refractivity contribution in [2.24, 2.45) is 0 Å². The van der Waals surface area contributed by atoms with Gasteiger partial charge in [0.25, 0.3) is 0 Å². The quantitative estimate of drug-likeness (QED) is 0.468. The Bertz CT molecular complexity index is 883. The third kappa shape index (κ3) is 6.96. The molecule has 4 rings (SSSR count). The topological polar surface area (TPSA) is 61.9 Å². The number of rotatable bonds is 10. The van der Waals surface area contributed by atoms with Crippen LogP contribution < -0.4 is 16.0 Å². The second-order valence-corrected chi connectivity index (χ2v) is 8.32. The lowest BCUT2D eigenvalue weighted by atomic mass is 9.90. The molecule has 2 aromatic heterocycles. The summed E-state index contributed by atoms with van der Waals surface area (Å²) in [6.45, 7) is 3.39. The molecule has 3 aromatic rings. The van der Waals surface area contributed by atoms with Crippen molar-refractivity contribution >= 4 is 0 Å². The zero-order valence-corrected chi connectivity index (χ0v) is 18.1. The first-order valence-corrected chi connectivity index (χ1v) is 11.4. The highest BCUT2D eigenvalue weighted by Gasteiger charge is 2.24. The van der Waals surface area contributed by atoms with Crippen LogP contribution in [-0.4, -0.2) is 22.1 Å². The molecule has 1 aromatic carbocycles. The molecule has 0 spiro atoms. The van der Waals surface area contributed by atoms with Crippen molar-refractivity contribution in [1.29, 1.82) is 0 Å². The lowest BCUT2D eigenvalue weighted by Gasteiger charge is -2.33. The van der Waals surface area contributed by atoms with Gasteiger partial charge in [0.05, 0.1) is 11.4 Å². The van der Waals surface area contributed by atoms with E-state index in [-0.39, 0.29) is 0 Å². The summed E-state index contributed by atoms with van der Waals surface area (Å²) >= 11 is 0. The minimum atomic E-state index is 0.505. The second kappa shape index (κ2) is 11.7. The van der Waals surface area contributed by atoms with Crippen LogP contribution in [0.5, 0.6) is 0 Å². The van der Waals surface area contributed by atoms with Crippen molar-refractivity contribution in [2.75, 3.05) is 0 Å². The summed E-state index contributed by atoms with van der Waals surface area (Å²) < 4.78 is 0. The van der Waals surface area contributed by atoms with Crippen molar-refractivity contribution in [2.45, 2.75) is 63.9 Å². The maximum absolute atomic E-state index is 4.44. The van der Waals surface area contributed by atoms with Gasteiger partial charge in [-0.15, -0.1) is 0 Å². The van der Waals surface area contributed by atoms with Gasteiger partial charge in [-0.3, -0.25) is 9.97 Å². The molecule has 2 heterocycles. The number of benzene rings is 1. The van der Waals surface area contributed by atoms with Crippen molar-refractivity contribution in [3.8, 4) is 0 Å². The third-order valence-corrected chi connectivity index (χ3v) is 5.99. The van der Waals surface area contributed by atoms with Gasteiger partial charge in [-0.05, 0) is 48.2 Å². The van der Waals surface area contributed by atoms with Gasteiger partial charge < -0.3 is 16.0 Å². The first-order chi connectivity index (χ1) is 15.4. The van der Waals surface area contributed by atoms with Crippen molar-refractivity contribution in [1.82, 2.24) is 25.9 Å². The van der Waals surface area contributed by atoms with Gasteiger partial charge in [0.2, 0.25) is 0 Å². The highest BCUT2D eigenvalue weighted by molar-refractivity contribution is 5.22. The van der Waals surface area contributed by atoms with E-state index in [9.17, 15) is 0 Å². The summed E-state index contributed by atoms with van der Waals surface area (Å²) in [6, 6.07) is 22.1. The molecule has 1 saturated carbocycles. The van der Waals surface area contributed by atoms with Crippen molar-refractivity contribution < 1.29 is 0 Å². The van der Waals surface area contributed by atoms with Crippen molar-refractivity contribution in [3.05, 3.63) is 95.6 Å². The van der Waals surface area contributed by atoms with Crippen molar-refractivity contribution in [3.63, 3.8) is 0 Å². The molecule has 1 fully saturated rings. The molecular weight excluding hydrogens is 382 g/mol. The summed E-state index contributed by atoms with van der Waals surface area (Å²) in [6.07, 6.45) is 8.77. The Kier molecular flexibility index (Phi) is 8.16. The summed E-state index contributed by atoms with van der Waals surface area (Å²) in [4.78, 5) is 8.79. The monoisotopic (exact) mass is 415 g/mol. The SMILES string of the molecule is c1ccc(CNCc2ccc(CN[C@@H]3CCCC[C@@H]3NCc3ccccn3)cc2)nc1. The second-order valence-electron chi connectivity index (χ2n) is 8.32. The average molecular weight is 416 g/mol. The predicted molar refractivity (Wildman–Crippen MR) is 125 cm³/mol. The maximum atomic E-state index is 4.44. The maximum Gasteiger partial charge on any atom is 0.0541 e. The minimum absolute atomic E-state index is 0.505. The van der Waals surface area contributed by atoms with Crippen LogP contribution in [0.1, 0.15) is 48.2 Å². The van der Waals surface area contributed by atoms with Gasteiger partial charge >= 0.3 is 0 Å². The smallest absolute Gasteiger partial charge is 0.0541 e. The van der Waals surface area contributed by atoms with E-state index < -0.39 is 0 Å². The van der Waals surface area contributed by atoms with E-state index in [2.05, 4.69) is 62.3 Å². The third-order valence-electron chi connectivity index (χ3n) is 5.99. The van der Waals surface area contributed by atoms with Crippen LogP contribution >= 0.6 is 0 Å². The van der Waals surface area contributed by atoms with Gasteiger partial charge in [-0.1, -0.05) is 49.2 Å². The zero-order chi connectivity index (χ0) is 21.1. The standard InChI is InChI=1S/C26H33N5/c1-2-10-26(31-20-24-8-4-6-16-29-24)25(9-1)30-18-22-13-11-21(12-14-22)17-27-19-23-7-3-5-15-28-23/h3-8,11-16,25-27,30-31H,1-2,9-10,17-20H2/t25-,26+/m1/s1. The van der Waals surface area contributed by atoms with E-state index >= 15 is 0 Å². The lowest BCUT2D eigenvalue weighted by molar-refractivity contribution is 0.280. The molecule has 162 valence electrons. The van der Waals surface area contributed by atoms with Crippen LogP contribution in [0.25, 0.3) is 0 Å². The highest BCUT2D eigenvalue weighted by Crippen LogP contribution is 2.19. The lowest BCUT2D eigenvalue weighted by Crippen LogP contribution is -2.49. The minimum Gasteiger partial charge on any atom is -0.308 e. The van der Waals surface area contributed by atoms with E-state index in [0.29, 0.717) is 12.1 Å². The molecule has 3 N–H and O–H groups in total. The van der Waals surface area contributed by atoms with Crippen LogP contribution in [-0.2, 0) is 26.2 Å². The normalized spacial score (nSPS) is 18.7. The first kappa shape index (κ1) is 21.6. The first-order valence-electron chi connectivity index (χ1n) is 11.4. The predicted octanol–water partition coefficient (Wildman–Crippen LogP) is 3.96. The Morgan fingerprint density at radius 3 is 1.74 bits per heavy atom. The number of nitrogens with zero attached hydrogens (tertiary/aromatic N) is 2. The van der Waals surface area contributed by atoms with Crippen LogP contribution in [0.3, 0.4) is 0 Å². The van der Waals surface area contributed by atoms with E-state index in [4.69, 9.17) is 0 Å². The summed E-state index contributed by atoms with van der Waals surface area (Å²) in [5.41, 5.74) is 4.82. The van der Waals surface area contributed by atoms with Gasteiger partial charge in [-0.25, -0.2) is 0 Å². The molecule has 5 heteroatoms. The molecule has 1 aliphatic carbocycles.